The highest BCUT2D eigenvalue weighted by atomic mass is 16.6. The largest absolute Gasteiger partial charge is 0.465 e. The Morgan fingerprint density at radius 1 is 0.597 bits per heavy atom. The Balaban J connectivity index is 1.85. The summed E-state index contributed by atoms with van der Waals surface area (Å²) in [4.78, 5) is 53.3. The van der Waals surface area contributed by atoms with Gasteiger partial charge in [0.05, 0.1) is 101 Å². The second-order valence-electron chi connectivity index (χ2n) is 17.4. The Kier molecular flexibility index (Phi) is 31.1. The number of rotatable bonds is 41. The molecule has 386 valence electrons. The molecule has 3 N–H and O–H groups in total. The van der Waals surface area contributed by atoms with Gasteiger partial charge >= 0.3 is 23.9 Å². The van der Waals surface area contributed by atoms with E-state index >= 15 is 0 Å². The molecule has 0 aromatic carbocycles. The number of nitrogens with zero attached hydrogens (tertiary/aromatic N) is 2. The van der Waals surface area contributed by atoms with Crippen LogP contribution in [0.25, 0.3) is 0 Å². The lowest BCUT2D eigenvalue weighted by atomic mass is 9.86. The van der Waals surface area contributed by atoms with Crippen LogP contribution in [-0.4, -0.2) is 211 Å². The second-order valence-corrected chi connectivity index (χ2v) is 17.4. The van der Waals surface area contributed by atoms with E-state index in [4.69, 9.17) is 47.4 Å². The first-order valence-electron chi connectivity index (χ1n) is 23.8. The predicted octanol–water partition coefficient (Wildman–Crippen LogP) is 2.42. The van der Waals surface area contributed by atoms with E-state index in [9.17, 15) is 34.5 Å². The number of carbonyl (C=O) groups is 4. The molecule has 2 aliphatic heterocycles. The van der Waals surface area contributed by atoms with Crippen LogP contribution in [0.1, 0.15) is 72.1 Å². The predicted molar refractivity (Wildman–Crippen MR) is 247 cm³/mol. The Hall–Kier alpha value is -3.34. The van der Waals surface area contributed by atoms with Crippen molar-refractivity contribution in [3.63, 3.8) is 0 Å². The number of ether oxygens (including phenoxy) is 10. The molecule has 0 spiro atoms. The van der Waals surface area contributed by atoms with Crippen LogP contribution in [0.4, 0.5) is 0 Å². The monoisotopic (exact) mass is 959 g/mol. The first-order valence-corrected chi connectivity index (χ1v) is 23.8. The molecule has 2 fully saturated rings. The lowest BCUT2D eigenvalue weighted by molar-refractivity contribution is -0.159. The Bertz CT molecular complexity index is 1400. The van der Waals surface area contributed by atoms with Crippen molar-refractivity contribution in [1.29, 1.82) is 0 Å². The molecule has 67 heavy (non-hydrogen) atoms. The fourth-order valence-corrected chi connectivity index (χ4v) is 7.29. The first kappa shape index (κ1) is 59.8. The van der Waals surface area contributed by atoms with Gasteiger partial charge in [-0.15, -0.1) is 0 Å². The van der Waals surface area contributed by atoms with Gasteiger partial charge in [0.1, 0.15) is 26.4 Å². The van der Waals surface area contributed by atoms with Crippen LogP contribution in [0.3, 0.4) is 0 Å². The van der Waals surface area contributed by atoms with Gasteiger partial charge in [-0.3, -0.25) is 14.6 Å². The van der Waals surface area contributed by atoms with Crippen molar-refractivity contribution in [2.75, 3.05) is 132 Å². The highest BCUT2D eigenvalue weighted by Crippen LogP contribution is 2.29. The molecule has 0 aromatic heterocycles. The number of hydrogen-bond acceptors (Lipinski definition) is 19. The standard InChI is InChI=1S/C48H82N2O17/c1-7-38(51)25-50(29-42-16-14-20-63-42)27-40(53)31-60-24-22-58-21-23-59-30-39(52)26-49(28-41-15-13-19-62-41)18-17-46(57)67-37-48(12-6,36-66-45(56)10-4)33-61-32-47(11-5,34-64-43(54)8-2)35-65-44(55)9-3/h8-10,38-42,51-53H,2-4,7,11-37H2,1,5-6H3. The molecule has 2 aliphatic rings. The van der Waals surface area contributed by atoms with Crippen molar-refractivity contribution in [2.24, 2.45) is 10.8 Å². The summed E-state index contributed by atoms with van der Waals surface area (Å²) in [6.07, 6.45) is 6.30. The molecule has 19 nitrogen and oxygen atoms in total. The highest BCUT2D eigenvalue weighted by Gasteiger charge is 2.37. The normalized spacial score (nSPS) is 18.5. The minimum absolute atomic E-state index is 0.00170. The van der Waals surface area contributed by atoms with E-state index in [-0.39, 0.29) is 104 Å². The fourth-order valence-electron chi connectivity index (χ4n) is 7.29. The summed E-state index contributed by atoms with van der Waals surface area (Å²) in [5.74, 6) is -2.47. The van der Waals surface area contributed by atoms with Crippen LogP contribution < -0.4 is 0 Å². The maximum Gasteiger partial charge on any atom is 0.330 e. The number of aliphatic hydroxyl groups excluding tert-OH is 3. The Morgan fingerprint density at radius 3 is 1.43 bits per heavy atom. The van der Waals surface area contributed by atoms with Crippen molar-refractivity contribution in [3.8, 4) is 0 Å². The van der Waals surface area contributed by atoms with Gasteiger partial charge in [-0.05, 0) is 44.9 Å². The third-order valence-electron chi connectivity index (χ3n) is 11.8. The van der Waals surface area contributed by atoms with E-state index in [1.165, 1.54) is 0 Å². The van der Waals surface area contributed by atoms with E-state index in [0.717, 1.165) is 50.5 Å². The molecule has 6 unspecified atom stereocenters. The van der Waals surface area contributed by atoms with E-state index < -0.39 is 53.0 Å². The summed E-state index contributed by atoms with van der Waals surface area (Å²) in [6, 6.07) is 0. The number of hydrogen-bond donors (Lipinski definition) is 3. The molecule has 2 rings (SSSR count). The van der Waals surface area contributed by atoms with Gasteiger partial charge in [0.25, 0.3) is 0 Å². The maximum absolute atomic E-state index is 13.3. The number of esters is 4. The third-order valence-corrected chi connectivity index (χ3v) is 11.8. The highest BCUT2D eigenvalue weighted by molar-refractivity contribution is 5.82. The molecule has 0 bridgehead atoms. The van der Waals surface area contributed by atoms with Gasteiger partial charge < -0.3 is 62.7 Å². The molecule has 19 heteroatoms. The summed E-state index contributed by atoms with van der Waals surface area (Å²) in [5.41, 5.74) is -1.90. The van der Waals surface area contributed by atoms with Crippen molar-refractivity contribution >= 4 is 23.9 Å². The van der Waals surface area contributed by atoms with E-state index in [1.807, 2.05) is 30.6 Å². The summed E-state index contributed by atoms with van der Waals surface area (Å²) < 4.78 is 56.5. The zero-order valence-electron chi connectivity index (χ0n) is 40.5. The number of carbonyl (C=O) groups excluding carboxylic acids is 4. The van der Waals surface area contributed by atoms with Gasteiger partial charge in [-0.1, -0.05) is 40.5 Å². The van der Waals surface area contributed by atoms with Gasteiger partial charge in [0.15, 0.2) is 0 Å². The van der Waals surface area contributed by atoms with Crippen molar-refractivity contribution in [1.82, 2.24) is 9.80 Å². The fraction of sp³-hybridized carbons (Fsp3) is 0.792. The van der Waals surface area contributed by atoms with E-state index in [0.29, 0.717) is 58.7 Å². The lowest BCUT2D eigenvalue weighted by Gasteiger charge is -2.35. The summed E-state index contributed by atoms with van der Waals surface area (Å²) in [6.45, 7) is 20.5. The quantitative estimate of drug-likeness (QED) is 0.0346. The summed E-state index contributed by atoms with van der Waals surface area (Å²) >= 11 is 0. The molecular formula is C48H82N2O17. The maximum atomic E-state index is 13.3. The van der Waals surface area contributed by atoms with Crippen LogP contribution in [0, 0.1) is 10.8 Å². The van der Waals surface area contributed by atoms with Crippen molar-refractivity contribution < 1.29 is 81.9 Å². The van der Waals surface area contributed by atoms with Crippen LogP contribution >= 0.6 is 0 Å². The van der Waals surface area contributed by atoms with Crippen LogP contribution in [-0.2, 0) is 66.5 Å². The molecule has 0 amide bonds. The van der Waals surface area contributed by atoms with Gasteiger partial charge in [-0.25, -0.2) is 14.4 Å². The summed E-state index contributed by atoms with van der Waals surface area (Å²) in [7, 11) is 0. The van der Waals surface area contributed by atoms with E-state index in [2.05, 4.69) is 19.7 Å². The van der Waals surface area contributed by atoms with E-state index in [1.54, 1.807) is 0 Å². The SMILES string of the molecule is C=CC(=O)OCC(CC)(COCC(CC)(COC(=O)C=C)COC(=O)CCN(CC(O)COCCOCCOCC(O)CN(CC(O)CC)CC1CCCO1)CC1CCCO1)COC(=O)C=C. The van der Waals surface area contributed by atoms with Gasteiger partial charge in [-0.2, -0.15) is 0 Å². The van der Waals surface area contributed by atoms with Crippen LogP contribution in [0.2, 0.25) is 0 Å². The lowest BCUT2D eigenvalue weighted by Crippen LogP contribution is -2.43. The summed E-state index contributed by atoms with van der Waals surface area (Å²) in [5, 5.41) is 31.7. The number of aliphatic hydroxyl groups is 3. The van der Waals surface area contributed by atoms with Gasteiger partial charge in [0.2, 0.25) is 0 Å². The molecular weight excluding hydrogens is 877 g/mol. The minimum Gasteiger partial charge on any atom is -0.465 e. The minimum atomic E-state index is -0.972. The molecule has 0 aromatic rings. The third kappa shape index (κ3) is 26.3. The molecule has 2 heterocycles. The second kappa shape index (κ2) is 34.9. The van der Waals surface area contributed by atoms with Crippen LogP contribution in [0.5, 0.6) is 0 Å². The molecule has 2 saturated heterocycles. The molecule has 0 radical (unpaired) electrons. The average molecular weight is 959 g/mol. The topological polar surface area (TPSA) is 228 Å². The Labute approximate surface area is 397 Å². The molecule has 0 saturated carbocycles. The van der Waals surface area contributed by atoms with Crippen LogP contribution in [0.15, 0.2) is 38.0 Å². The Morgan fingerprint density at radius 2 is 1.01 bits per heavy atom. The average Bonchev–Trinajstić information content (AvgIpc) is 4.06. The smallest absolute Gasteiger partial charge is 0.330 e. The first-order chi connectivity index (χ1) is 32.2. The molecule has 0 aliphatic carbocycles. The van der Waals surface area contributed by atoms with Crippen molar-refractivity contribution in [3.05, 3.63) is 38.0 Å². The molecule has 6 atom stereocenters. The van der Waals surface area contributed by atoms with Crippen molar-refractivity contribution in [2.45, 2.75) is 103 Å². The zero-order chi connectivity index (χ0) is 49.3. The van der Waals surface area contributed by atoms with Gasteiger partial charge in [0, 0.05) is 70.7 Å². The zero-order valence-corrected chi connectivity index (χ0v) is 40.5.